The fraction of sp³-hybridized carbons (Fsp3) is 0. The summed E-state index contributed by atoms with van der Waals surface area (Å²) < 4.78 is 0. The van der Waals surface area contributed by atoms with Gasteiger partial charge in [0.2, 0.25) is 0 Å². The average molecular weight is 362 g/mol. The Kier molecular flexibility index (Phi) is 3.74. The van der Waals surface area contributed by atoms with E-state index >= 15 is 0 Å². The molecule has 7 nitrogen and oxygen atoms in total. The largest absolute Gasteiger partial charge is 0.399 e. The van der Waals surface area contributed by atoms with Crippen LogP contribution in [0, 0.1) is 0 Å². The molecule has 6 N–H and O–H groups in total. The van der Waals surface area contributed by atoms with Crippen LogP contribution in [0.2, 0.25) is 0 Å². The van der Waals surface area contributed by atoms with E-state index in [0.29, 0.717) is 27.4 Å². The molecule has 8 heteroatoms. The summed E-state index contributed by atoms with van der Waals surface area (Å²) in [6.45, 7) is 0. The minimum atomic E-state index is -0.588. The van der Waals surface area contributed by atoms with Crippen molar-refractivity contribution in [2.45, 2.75) is 0 Å². The van der Waals surface area contributed by atoms with Crippen LogP contribution in [0.5, 0.6) is 0 Å². The summed E-state index contributed by atoms with van der Waals surface area (Å²) in [6.07, 6.45) is 3.33. The lowest BCUT2D eigenvalue weighted by atomic mass is 10.1. The number of pyridine rings is 1. The Balaban J connectivity index is 2.08. The van der Waals surface area contributed by atoms with Crippen molar-refractivity contribution in [1.82, 2.24) is 15.0 Å². The maximum atomic E-state index is 11.7. The number of amides is 1. The molecule has 4 rings (SSSR count). The minimum Gasteiger partial charge on any atom is -0.399 e. The molecule has 0 radical (unpaired) electrons. The second-order valence-electron chi connectivity index (χ2n) is 5.65. The molecule has 1 aromatic carbocycles. The van der Waals surface area contributed by atoms with Crippen molar-refractivity contribution >= 4 is 38.8 Å². The number of primary amides is 1. The van der Waals surface area contributed by atoms with Crippen molar-refractivity contribution in [3.63, 3.8) is 0 Å². The number of rotatable bonds is 3. The number of aromatic nitrogens is 3. The predicted octanol–water partition coefficient (Wildman–Crippen LogP) is 2.68. The monoisotopic (exact) mass is 362 g/mol. The second-order valence-corrected chi connectivity index (χ2v) is 6.65. The summed E-state index contributed by atoms with van der Waals surface area (Å²) in [7, 11) is 0. The van der Waals surface area contributed by atoms with Crippen molar-refractivity contribution in [1.29, 1.82) is 0 Å². The lowest BCUT2D eigenvalue weighted by Crippen LogP contribution is -2.10. The van der Waals surface area contributed by atoms with Gasteiger partial charge in [0.05, 0.1) is 16.8 Å². The van der Waals surface area contributed by atoms with Gasteiger partial charge in [0.15, 0.2) is 5.82 Å². The molecule has 0 atom stereocenters. The van der Waals surface area contributed by atoms with E-state index in [1.54, 1.807) is 24.5 Å². The zero-order valence-corrected chi connectivity index (χ0v) is 14.3. The quantitative estimate of drug-likeness (QED) is 0.480. The molecule has 0 fully saturated rings. The fourth-order valence-electron chi connectivity index (χ4n) is 2.73. The van der Waals surface area contributed by atoms with E-state index in [-0.39, 0.29) is 10.6 Å². The average Bonchev–Trinajstić information content (AvgIpc) is 2.99. The number of hydrogen-bond donors (Lipinski definition) is 3. The first-order valence-electron chi connectivity index (χ1n) is 7.70. The summed E-state index contributed by atoms with van der Waals surface area (Å²) in [4.78, 5) is 25.9. The molecular weight excluding hydrogens is 348 g/mol. The summed E-state index contributed by atoms with van der Waals surface area (Å²) in [5, 5.41) is 0.604. The molecule has 0 saturated heterocycles. The highest BCUT2D eigenvalue weighted by atomic mass is 32.1. The molecule has 4 aromatic rings. The number of hydrogen-bond acceptors (Lipinski definition) is 7. The molecule has 0 aliphatic carbocycles. The van der Waals surface area contributed by atoms with E-state index in [1.165, 1.54) is 0 Å². The van der Waals surface area contributed by atoms with Crippen LogP contribution in [0.4, 0.5) is 11.4 Å². The third kappa shape index (κ3) is 2.62. The highest BCUT2D eigenvalue weighted by Gasteiger charge is 2.21. The Morgan fingerprint density at radius 3 is 2.46 bits per heavy atom. The molecule has 26 heavy (non-hydrogen) atoms. The van der Waals surface area contributed by atoms with Gasteiger partial charge < -0.3 is 17.2 Å². The lowest BCUT2D eigenvalue weighted by molar-refractivity contribution is 0.100. The van der Waals surface area contributed by atoms with Crippen LogP contribution in [0.25, 0.3) is 32.9 Å². The number of anilines is 2. The summed E-state index contributed by atoms with van der Waals surface area (Å²) >= 11 is 1.16. The van der Waals surface area contributed by atoms with Crippen molar-refractivity contribution in [3.8, 4) is 22.6 Å². The van der Waals surface area contributed by atoms with Crippen LogP contribution in [0.1, 0.15) is 9.67 Å². The number of fused-ring (bicyclic) bond motifs is 1. The zero-order chi connectivity index (χ0) is 18.3. The van der Waals surface area contributed by atoms with Crippen LogP contribution in [0.3, 0.4) is 0 Å². The van der Waals surface area contributed by atoms with Gasteiger partial charge in [-0.2, -0.15) is 0 Å². The van der Waals surface area contributed by atoms with E-state index in [4.69, 9.17) is 22.2 Å². The first kappa shape index (κ1) is 16.0. The van der Waals surface area contributed by atoms with Crippen LogP contribution in [-0.2, 0) is 0 Å². The van der Waals surface area contributed by atoms with Crippen LogP contribution in [0.15, 0.2) is 48.8 Å². The number of carbonyl (C=O) groups excluding carboxylic acids is 1. The van der Waals surface area contributed by atoms with E-state index in [2.05, 4.69) is 9.97 Å². The highest BCUT2D eigenvalue weighted by Crippen LogP contribution is 2.39. The molecule has 0 bridgehead atoms. The fourth-order valence-corrected chi connectivity index (χ4v) is 3.68. The van der Waals surface area contributed by atoms with Crippen molar-refractivity contribution < 1.29 is 4.79 Å². The molecule has 3 aromatic heterocycles. The van der Waals surface area contributed by atoms with E-state index in [9.17, 15) is 4.79 Å². The Bertz CT molecular complexity index is 1140. The Hall–Kier alpha value is -3.52. The van der Waals surface area contributed by atoms with Gasteiger partial charge >= 0.3 is 0 Å². The van der Waals surface area contributed by atoms with Gasteiger partial charge in [-0.15, -0.1) is 11.3 Å². The van der Waals surface area contributed by atoms with Crippen LogP contribution >= 0.6 is 11.3 Å². The highest BCUT2D eigenvalue weighted by molar-refractivity contribution is 7.21. The SMILES string of the molecule is NC(=O)c1sc2nc(-c3ccncc3)nc(-c3cccc(N)c3)c2c1N. The second kappa shape index (κ2) is 6.08. The van der Waals surface area contributed by atoms with Gasteiger partial charge in [0.25, 0.3) is 5.91 Å². The van der Waals surface area contributed by atoms with Crippen LogP contribution in [-0.4, -0.2) is 20.9 Å². The topological polar surface area (TPSA) is 134 Å². The molecule has 0 aliphatic heterocycles. The third-order valence-electron chi connectivity index (χ3n) is 3.91. The van der Waals surface area contributed by atoms with Gasteiger partial charge in [-0.25, -0.2) is 9.97 Å². The number of benzene rings is 1. The molecule has 0 saturated carbocycles. The van der Waals surface area contributed by atoms with Gasteiger partial charge in [-0.05, 0) is 24.3 Å². The number of nitrogen functional groups attached to an aromatic ring is 2. The molecule has 3 heterocycles. The lowest BCUT2D eigenvalue weighted by Gasteiger charge is -2.08. The van der Waals surface area contributed by atoms with Gasteiger partial charge in [-0.1, -0.05) is 12.1 Å². The van der Waals surface area contributed by atoms with E-state index in [0.717, 1.165) is 22.5 Å². The number of carbonyl (C=O) groups is 1. The van der Waals surface area contributed by atoms with Crippen molar-refractivity contribution in [2.75, 3.05) is 11.5 Å². The molecule has 1 amide bonds. The van der Waals surface area contributed by atoms with Crippen molar-refractivity contribution in [2.24, 2.45) is 5.73 Å². The Morgan fingerprint density at radius 1 is 1.00 bits per heavy atom. The standard InChI is InChI=1S/C18H14N6OS/c19-11-3-1-2-10(8-11)14-12-13(20)15(16(21)25)26-18(12)24-17(23-14)9-4-6-22-7-5-9/h1-8H,19-20H2,(H2,21,25). The molecule has 0 spiro atoms. The number of nitrogens with zero attached hydrogens (tertiary/aromatic N) is 3. The van der Waals surface area contributed by atoms with Crippen molar-refractivity contribution in [3.05, 3.63) is 53.7 Å². The summed E-state index contributed by atoms with van der Waals surface area (Å²) in [5.74, 6) is -0.0796. The third-order valence-corrected chi connectivity index (χ3v) is 5.02. The first-order valence-corrected chi connectivity index (χ1v) is 8.52. The van der Waals surface area contributed by atoms with Gasteiger partial charge in [0, 0.05) is 29.2 Å². The Morgan fingerprint density at radius 2 is 1.77 bits per heavy atom. The zero-order valence-electron chi connectivity index (χ0n) is 13.5. The maximum Gasteiger partial charge on any atom is 0.260 e. The maximum absolute atomic E-state index is 11.7. The summed E-state index contributed by atoms with van der Waals surface area (Å²) in [6, 6.07) is 10.9. The number of nitrogens with two attached hydrogens (primary N) is 3. The first-order chi connectivity index (χ1) is 12.5. The predicted molar refractivity (Wildman–Crippen MR) is 103 cm³/mol. The van der Waals surface area contributed by atoms with Crippen LogP contribution < -0.4 is 17.2 Å². The minimum absolute atomic E-state index is 0.270. The van der Waals surface area contributed by atoms with E-state index in [1.807, 2.05) is 24.3 Å². The molecule has 0 unspecified atom stereocenters. The normalized spacial score (nSPS) is 10.9. The Labute approximate surface area is 152 Å². The number of thiophene rings is 1. The molecular formula is C18H14N6OS. The van der Waals surface area contributed by atoms with Gasteiger partial charge in [-0.3, -0.25) is 9.78 Å². The molecule has 128 valence electrons. The molecule has 0 aliphatic rings. The van der Waals surface area contributed by atoms with Gasteiger partial charge in [0.1, 0.15) is 9.71 Å². The smallest absolute Gasteiger partial charge is 0.260 e. The van der Waals surface area contributed by atoms with E-state index < -0.39 is 5.91 Å². The summed E-state index contributed by atoms with van der Waals surface area (Å²) in [5.41, 5.74) is 20.7.